The summed E-state index contributed by atoms with van der Waals surface area (Å²) in [5.74, 6) is 0. The lowest BCUT2D eigenvalue weighted by Crippen LogP contribution is -1.96. The van der Waals surface area contributed by atoms with Crippen LogP contribution in [-0.4, -0.2) is 9.55 Å². The summed E-state index contributed by atoms with van der Waals surface area (Å²) < 4.78 is 3.61. The van der Waals surface area contributed by atoms with Gasteiger partial charge in [-0.25, -0.2) is 0 Å². The van der Waals surface area contributed by atoms with Gasteiger partial charge in [0.05, 0.1) is 16.7 Å². The van der Waals surface area contributed by atoms with E-state index in [9.17, 15) is 0 Å². The van der Waals surface area contributed by atoms with Crippen molar-refractivity contribution in [2.24, 2.45) is 0 Å². The summed E-state index contributed by atoms with van der Waals surface area (Å²) in [6.45, 7) is 1.98. The number of benzene rings is 2. The Labute approximate surface area is 129 Å². The fraction of sp³-hybridized carbons (Fsp3) is 0.0714. The van der Waals surface area contributed by atoms with E-state index in [4.69, 9.17) is 23.8 Å². The highest BCUT2D eigenvalue weighted by Gasteiger charge is 2.11. The van der Waals surface area contributed by atoms with Crippen LogP contribution in [0, 0.1) is 11.7 Å². The van der Waals surface area contributed by atoms with Crippen LogP contribution in [0.15, 0.2) is 40.9 Å². The molecule has 0 amide bonds. The van der Waals surface area contributed by atoms with Gasteiger partial charge in [0.25, 0.3) is 0 Å². The summed E-state index contributed by atoms with van der Waals surface area (Å²) in [4.78, 5) is 3.20. The number of rotatable bonds is 1. The Kier molecular flexibility index (Phi) is 3.25. The Hall–Kier alpha value is -1.10. The second-order valence-corrected chi connectivity index (χ2v) is 5.98. The summed E-state index contributed by atoms with van der Waals surface area (Å²) in [5.41, 5.74) is 4.02. The molecule has 19 heavy (non-hydrogen) atoms. The minimum absolute atomic E-state index is 0.654. The number of aromatic nitrogens is 2. The maximum absolute atomic E-state index is 6.23. The van der Waals surface area contributed by atoms with Crippen LogP contribution in [0.4, 0.5) is 0 Å². The van der Waals surface area contributed by atoms with Crippen LogP contribution < -0.4 is 0 Å². The third kappa shape index (κ3) is 2.14. The zero-order valence-electron chi connectivity index (χ0n) is 10.1. The molecule has 0 atom stereocenters. The first kappa shape index (κ1) is 12.9. The average Bonchev–Trinajstić information content (AvgIpc) is 2.70. The van der Waals surface area contributed by atoms with Crippen molar-refractivity contribution in [2.75, 3.05) is 0 Å². The molecule has 96 valence electrons. The largest absolute Gasteiger partial charge is 0.330 e. The van der Waals surface area contributed by atoms with E-state index < -0.39 is 0 Å². The zero-order chi connectivity index (χ0) is 13.6. The first-order valence-electron chi connectivity index (χ1n) is 5.73. The number of nitrogens with zero attached hydrogens (tertiary/aromatic N) is 1. The predicted molar refractivity (Wildman–Crippen MR) is 85.9 cm³/mol. The highest BCUT2D eigenvalue weighted by atomic mass is 79.9. The van der Waals surface area contributed by atoms with Gasteiger partial charge < -0.3 is 4.98 Å². The molecule has 2 nitrogen and oxygen atoms in total. The predicted octanol–water partition coefficient (Wildman–Crippen LogP) is 5.41. The van der Waals surface area contributed by atoms with E-state index in [1.807, 2.05) is 47.9 Å². The summed E-state index contributed by atoms with van der Waals surface area (Å²) in [6, 6.07) is 11.9. The van der Waals surface area contributed by atoms with Crippen molar-refractivity contribution in [3.63, 3.8) is 0 Å². The van der Waals surface area contributed by atoms with Crippen LogP contribution in [0.5, 0.6) is 0 Å². The van der Waals surface area contributed by atoms with Gasteiger partial charge in [-0.15, -0.1) is 0 Å². The molecular weight excluding hydrogens is 344 g/mol. The number of para-hydroxylation sites is 2. The van der Waals surface area contributed by atoms with Gasteiger partial charge in [0.1, 0.15) is 0 Å². The van der Waals surface area contributed by atoms with E-state index in [-0.39, 0.29) is 0 Å². The van der Waals surface area contributed by atoms with Crippen molar-refractivity contribution >= 4 is 50.8 Å². The highest BCUT2D eigenvalue weighted by Crippen LogP contribution is 2.30. The first-order chi connectivity index (χ1) is 9.08. The van der Waals surface area contributed by atoms with E-state index in [0.29, 0.717) is 4.77 Å². The fourth-order valence-electron chi connectivity index (χ4n) is 2.10. The van der Waals surface area contributed by atoms with Gasteiger partial charge in [-0.3, -0.25) is 4.57 Å². The minimum atomic E-state index is 0.654. The molecule has 0 bridgehead atoms. The van der Waals surface area contributed by atoms with Crippen LogP contribution in [0.3, 0.4) is 0 Å². The molecule has 0 aliphatic heterocycles. The summed E-state index contributed by atoms with van der Waals surface area (Å²) in [5, 5.41) is 0.727. The lowest BCUT2D eigenvalue weighted by molar-refractivity contribution is 1.05. The number of aryl methyl sites for hydroxylation is 1. The number of fused-ring (bicyclic) bond motifs is 1. The standard InChI is InChI=1S/C14H10BrClN2S/c1-8-6-9(15)13(7-10(8)16)18-12-5-3-2-4-11(12)17-14(18)19/h2-7H,1H3,(H,17,19). The zero-order valence-corrected chi connectivity index (χ0v) is 13.2. The molecule has 2 aromatic carbocycles. The Bertz CT molecular complexity index is 835. The highest BCUT2D eigenvalue weighted by molar-refractivity contribution is 9.10. The second kappa shape index (κ2) is 4.78. The number of H-pyrrole nitrogens is 1. The molecule has 1 aromatic heterocycles. The van der Waals surface area contributed by atoms with E-state index in [1.54, 1.807) is 0 Å². The molecule has 0 saturated carbocycles. The van der Waals surface area contributed by atoms with Crippen LogP contribution in [0.2, 0.25) is 5.02 Å². The van der Waals surface area contributed by atoms with E-state index in [0.717, 1.165) is 31.8 Å². The van der Waals surface area contributed by atoms with Crippen molar-refractivity contribution in [2.45, 2.75) is 6.92 Å². The Morgan fingerprint density at radius 1 is 1.26 bits per heavy atom. The van der Waals surface area contributed by atoms with Gasteiger partial charge in [0.15, 0.2) is 4.77 Å². The number of aromatic amines is 1. The smallest absolute Gasteiger partial charge is 0.182 e. The fourth-order valence-corrected chi connectivity index (χ4v) is 3.20. The Balaban J connectivity index is 2.40. The molecule has 5 heteroatoms. The SMILES string of the molecule is Cc1cc(Br)c(-n2c(=S)[nH]c3ccccc32)cc1Cl. The van der Waals surface area contributed by atoms with Crippen molar-refractivity contribution in [1.29, 1.82) is 0 Å². The third-order valence-electron chi connectivity index (χ3n) is 3.06. The summed E-state index contributed by atoms with van der Waals surface area (Å²) >= 11 is 15.2. The summed E-state index contributed by atoms with van der Waals surface area (Å²) in [7, 11) is 0. The van der Waals surface area contributed by atoms with Crippen molar-refractivity contribution < 1.29 is 0 Å². The van der Waals surface area contributed by atoms with Crippen molar-refractivity contribution in [3.05, 3.63) is 56.2 Å². The maximum atomic E-state index is 6.23. The van der Waals surface area contributed by atoms with E-state index in [1.165, 1.54) is 0 Å². The van der Waals surface area contributed by atoms with Crippen molar-refractivity contribution in [1.82, 2.24) is 9.55 Å². The van der Waals surface area contributed by atoms with Gasteiger partial charge >= 0.3 is 0 Å². The average molecular weight is 354 g/mol. The van der Waals surface area contributed by atoms with Crippen LogP contribution in [0.25, 0.3) is 16.7 Å². The minimum Gasteiger partial charge on any atom is -0.330 e. The molecule has 0 unspecified atom stereocenters. The topological polar surface area (TPSA) is 20.7 Å². The molecule has 0 spiro atoms. The lowest BCUT2D eigenvalue weighted by Gasteiger charge is -2.09. The maximum Gasteiger partial charge on any atom is 0.182 e. The molecule has 0 radical (unpaired) electrons. The number of hydrogen-bond donors (Lipinski definition) is 1. The van der Waals surface area contributed by atoms with E-state index in [2.05, 4.69) is 20.9 Å². The van der Waals surface area contributed by atoms with Crippen LogP contribution >= 0.6 is 39.7 Å². The molecule has 0 aliphatic carbocycles. The van der Waals surface area contributed by atoms with Gasteiger partial charge in [0, 0.05) is 9.50 Å². The second-order valence-electron chi connectivity index (χ2n) is 4.34. The molecule has 3 aromatic rings. The molecule has 1 N–H and O–H groups in total. The number of hydrogen-bond acceptors (Lipinski definition) is 1. The van der Waals surface area contributed by atoms with E-state index >= 15 is 0 Å². The monoisotopic (exact) mass is 352 g/mol. The molecule has 1 heterocycles. The Morgan fingerprint density at radius 2 is 2.00 bits per heavy atom. The van der Waals surface area contributed by atoms with Gasteiger partial charge in [0.2, 0.25) is 0 Å². The third-order valence-corrected chi connectivity index (χ3v) is 4.39. The lowest BCUT2D eigenvalue weighted by atomic mass is 10.2. The quantitative estimate of drug-likeness (QED) is 0.580. The normalized spacial score (nSPS) is 11.1. The van der Waals surface area contributed by atoms with Crippen LogP contribution in [-0.2, 0) is 0 Å². The van der Waals surface area contributed by atoms with Gasteiger partial charge in [-0.05, 0) is 64.9 Å². The van der Waals surface area contributed by atoms with Gasteiger partial charge in [-0.2, -0.15) is 0 Å². The number of nitrogens with one attached hydrogen (secondary N) is 1. The first-order valence-corrected chi connectivity index (χ1v) is 7.31. The molecular formula is C14H10BrClN2S. The summed E-state index contributed by atoms with van der Waals surface area (Å²) in [6.07, 6.45) is 0. The molecule has 0 aliphatic rings. The Morgan fingerprint density at radius 3 is 2.79 bits per heavy atom. The number of imidazole rings is 1. The van der Waals surface area contributed by atoms with Gasteiger partial charge in [-0.1, -0.05) is 23.7 Å². The van der Waals surface area contributed by atoms with Crippen LogP contribution in [0.1, 0.15) is 5.56 Å². The van der Waals surface area contributed by atoms with Crippen molar-refractivity contribution in [3.8, 4) is 5.69 Å². The number of halogens is 2. The molecule has 0 saturated heterocycles. The molecule has 0 fully saturated rings. The molecule has 3 rings (SSSR count).